The molecule has 1 N–H and O–H groups in total. The maximum Gasteiger partial charge on any atom is 0.224 e. The normalized spacial score (nSPS) is 10.5. The van der Waals surface area contributed by atoms with Crippen LogP contribution in [0.2, 0.25) is 0 Å². The number of hydrogen-bond acceptors (Lipinski definition) is 5. The number of carbonyl (C=O) groups excluding carboxylic acids is 1. The first-order valence-corrected chi connectivity index (χ1v) is 9.29. The van der Waals surface area contributed by atoms with E-state index in [2.05, 4.69) is 19.2 Å². The Morgan fingerprint density at radius 1 is 0.929 bits per heavy atom. The Labute approximate surface area is 166 Å². The molecule has 0 unspecified atom stereocenters. The van der Waals surface area contributed by atoms with Crippen LogP contribution in [0.15, 0.2) is 36.4 Å². The second kappa shape index (κ2) is 10.4. The summed E-state index contributed by atoms with van der Waals surface area (Å²) < 4.78 is 22.0. The van der Waals surface area contributed by atoms with Gasteiger partial charge in [0.15, 0.2) is 11.5 Å². The molecule has 2 aromatic rings. The maximum atomic E-state index is 12.5. The molecule has 2 rings (SSSR count). The first-order chi connectivity index (χ1) is 13.5. The zero-order valence-corrected chi connectivity index (χ0v) is 17.2. The number of ether oxygens (including phenoxy) is 4. The molecule has 0 saturated carbocycles. The monoisotopic (exact) mass is 387 g/mol. The first kappa shape index (κ1) is 21.4. The van der Waals surface area contributed by atoms with Gasteiger partial charge in [-0.3, -0.25) is 4.79 Å². The van der Waals surface area contributed by atoms with Crippen LogP contribution < -0.4 is 24.3 Å². The zero-order valence-electron chi connectivity index (χ0n) is 17.2. The van der Waals surface area contributed by atoms with Crippen LogP contribution in [0.4, 0.5) is 5.69 Å². The molecule has 2 aromatic carbocycles. The number of anilines is 1. The van der Waals surface area contributed by atoms with Gasteiger partial charge in [0.2, 0.25) is 11.7 Å². The Hall–Kier alpha value is -2.89. The second-order valence-electron chi connectivity index (χ2n) is 6.74. The van der Waals surface area contributed by atoms with E-state index in [9.17, 15) is 4.79 Å². The third-order valence-corrected chi connectivity index (χ3v) is 4.14. The highest BCUT2D eigenvalue weighted by Gasteiger charge is 2.17. The minimum atomic E-state index is -0.0996. The van der Waals surface area contributed by atoms with E-state index in [1.165, 1.54) is 0 Å². The van der Waals surface area contributed by atoms with Crippen LogP contribution in [0.5, 0.6) is 23.0 Å². The highest BCUT2D eigenvalue weighted by atomic mass is 16.5. The molecule has 0 saturated heterocycles. The van der Waals surface area contributed by atoms with Crippen molar-refractivity contribution >= 4 is 11.6 Å². The number of nitrogens with one attached hydrogen (secondary N) is 1. The summed E-state index contributed by atoms with van der Waals surface area (Å²) in [7, 11) is 4.71. The smallest absolute Gasteiger partial charge is 0.224 e. The fourth-order valence-corrected chi connectivity index (χ4v) is 2.77. The summed E-state index contributed by atoms with van der Waals surface area (Å²) in [6, 6.07) is 11.1. The number of aryl methyl sites for hydroxylation is 1. The van der Waals surface area contributed by atoms with Crippen molar-refractivity contribution < 1.29 is 23.7 Å². The van der Waals surface area contributed by atoms with Gasteiger partial charge in [0.05, 0.1) is 33.6 Å². The molecule has 0 spiro atoms. The molecule has 0 radical (unpaired) electrons. The molecular weight excluding hydrogens is 358 g/mol. The molecule has 28 heavy (non-hydrogen) atoms. The van der Waals surface area contributed by atoms with Gasteiger partial charge in [-0.05, 0) is 36.1 Å². The van der Waals surface area contributed by atoms with Gasteiger partial charge in [0.25, 0.3) is 0 Å². The second-order valence-corrected chi connectivity index (χ2v) is 6.74. The predicted molar refractivity (Wildman–Crippen MR) is 110 cm³/mol. The zero-order chi connectivity index (χ0) is 20.5. The third-order valence-electron chi connectivity index (χ3n) is 4.14. The van der Waals surface area contributed by atoms with Crippen molar-refractivity contribution in [2.75, 3.05) is 33.3 Å². The number of rotatable bonds is 10. The van der Waals surface area contributed by atoms with Crippen LogP contribution in [0.3, 0.4) is 0 Å². The fraction of sp³-hybridized carbons (Fsp3) is 0.409. The average Bonchev–Trinajstić information content (AvgIpc) is 2.70. The van der Waals surface area contributed by atoms with Crippen molar-refractivity contribution in [1.29, 1.82) is 0 Å². The van der Waals surface area contributed by atoms with Gasteiger partial charge in [0, 0.05) is 6.42 Å². The van der Waals surface area contributed by atoms with Crippen molar-refractivity contribution in [2.24, 2.45) is 5.92 Å². The SMILES string of the molecule is COc1ccc(CCC(=O)Nc2ccccc2OCC(C)C)c(OC)c1OC. The summed E-state index contributed by atoms with van der Waals surface area (Å²) in [4.78, 5) is 12.5. The van der Waals surface area contributed by atoms with E-state index >= 15 is 0 Å². The molecule has 6 nitrogen and oxygen atoms in total. The van der Waals surface area contributed by atoms with Crippen molar-refractivity contribution in [3.05, 3.63) is 42.0 Å². The average molecular weight is 387 g/mol. The van der Waals surface area contributed by atoms with Gasteiger partial charge in [-0.25, -0.2) is 0 Å². The highest BCUT2D eigenvalue weighted by Crippen LogP contribution is 2.40. The molecule has 0 bridgehead atoms. The molecular formula is C22H29NO5. The third kappa shape index (κ3) is 5.55. The number of para-hydroxylation sites is 2. The lowest BCUT2D eigenvalue weighted by atomic mass is 10.1. The number of benzene rings is 2. The lowest BCUT2D eigenvalue weighted by molar-refractivity contribution is -0.116. The van der Waals surface area contributed by atoms with E-state index in [0.717, 1.165) is 5.56 Å². The minimum absolute atomic E-state index is 0.0996. The van der Waals surface area contributed by atoms with Gasteiger partial charge in [-0.15, -0.1) is 0 Å². The van der Waals surface area contributed by atoms with Gasteiger partial charge >= 0.3 is 0 Å². The lowest BCUT2D eigenvalue weighted by Gasteiger charge is -2.16. The van der Waals surface area contributed by atoms with E-state index in [0.29, 0.717) is 54.1 Å². The minimum Gasteiger partial charge on any atom is -0.493 e. The maximum absolute atomic E-state index is 12.5. The predicted octanol–water partition coefficient (Wildman–Crippen LogP) is 4.32. The van der Waals surface area contributed by atoms with E-state index in [-0.39, 0.29) is 5.91 Å². The summed E-state index contributed by atoms with van der Waals surface area (Å²) in [5, 5.41) is 2.93. The Morgan fingerprint density at radius 2 is 1.64 bits per heavy atom. The Balaban J connectivity index is 2.06. The van der Waals surface area contributed by atoms with Crippen LogP contribution in [0, 0.1) is 5.92 Å². The van der Waals surface area contributed by atoms with Crippen molar-refractivity contribution in [3.63, 3.8) is 0 Å². The van der Waals surface area contributed by atoms with Gasteiger partial charge in [0.1, 0.15) is 5.75 Å². The van der Waals surface area contributed by atoms with Gasteiger partial charge < -0.3 is 24.3 Å². The number of carbonyl (C=O) groups is 1. The number of amides is 1. The number of methoxy groups -OCH3 is 3. The summed E-state index contributed by atoms with van der Waals surface area (Å²) in [6.07, 6.45) is 0.800. The van der Waals surface area contributed by atoms with Gasteiger partial charge in [-0.2, -0.15) is 0 Å². The van der Waals surface area contributed by atoms with Gasteiger partial charge in [-0.1, -0.05) is 32.0 Å². The Morgan fingerprint density at radius 3 is 2.29 bits per heavy atom. The topological polar surface area (TPSA) is 66.0 Å². The molecule has 6 heteroatoms. The quantitative estimate of drug-likeness (QED) is 0.658. The lowest BCUT2D eigenvalue weighted by Crippen LogP contribution is -2.14. The van der Waals surface area contributed by atoms with Crippen molar-refractivity contribution in [1.82, 2.24) is 0 Å². The summed E-state index contributed by atoms with van der Waals surface area (Å²) in [5.41, 5.74) is 1.55. The highest BCUT2D eigenvalue weighted by molar-refractivity contribution is 5.92. The Bertz CT molecular complexity index is 788. The number of hydrogen-bond donors (Lipinski definition) is 1. The molecule has 0 heterocycles. The van der Waals surface area contributed by atoms with E-state index in [1.807, 2.05) is 36.4 Å². The van der Waals surface area contributed by atoms with Crippen LogP contribution >= 0.6 is 0 Å². The first-order valence-electron chi connectivity index (χ1n) is 9.29. The van der Waals surface area contributed by atoms with E-state index in [1.54, 1.807) is 21.3 Å². The largest absolute Gasteiger partial charge is 0.493 e. The van der Waals surface area contributed by atoms with Crippen LogP contribution in [0.25, 0.3) is 0 Å². The molecule has 1 amide bonds. The van der Waals surface area contributed by atoms with Crippen LogP contribution in [0.1, 0.15) is 25.8 Å². The Kier molecular flexibility index (Phi) is 7.99. The van der Waals surface area contributed by atoms with E-state index in [4.69, 9.17) is 18.9 Å². The van der Waals surface area contributed by atoms with Crippen LogP contribution in [-0.4, -0.2) is 33.8 Å². The fourth-order valence-electron chi connectivity index (χ4n) is 2.77. The summed E-state index contributed by atoms with van der Waals surface area (Å²) >= 11 is 0. The molecule has 152 valence electrons. The van der Waals surface area contributed by atoms with E-state index < -0.39 is 0 Å². The standard InChI is InChI=1S/C22H29NO5/c1-15(2)14-28-18-9-7-6-8-17(18)23-20(24)13-11-16-10-12-19(25-3)22(27-5)21(16)26-4/h6-10,12,15H,11,13-14H2,1-5H3,(H,23,24). The molecule has 0 atom stereocenters. The molecule has 0 fully saturated rings. The molecule has 0 aliphatic rings. The van der Waals surface area contributed by atoms with Crippen molar-refractivity contribution in [2.45, 2.75) is 26.7 Å². The van der Waals surface area contributed by atoms with Crippen LogP contribution in [-0.2, 0) is 11.2 Å². The summed E-state index contributed by atoms with van der Waals surface area (Å²) in [6.45, 7) is 4.76. The molecule has 0 aromatic heterocycles. The van der Waals surface area contributed by atoms with Crippen molar-refractivity contribution in [3.8, 4) is 23.0 Å². The summed E-state index contributed by atoms with van der Waals surface area (Å²) in [5.74, 6) is 2.67. The molecule has 0 aliphatic carbocycles. The molecule has 0 aliphatic heterocycles.